The maximum Gasteiger partial charge on any atom is 0.250 e. The Hall–Kier alpha value is -5.35. The molecule has 0 radical (unpaired) electrons. The van der Waals surface area contributed by atoms with Gasteiger partial charge in [0, 0.05) is 16.8 Å². The van der Waals surface area contributed by atoms with E-state index in [0.29, 0.717) is 33.8 Å². The normalized spacial score (nSPS) is 11.2. The standard InChI is InChI=1S/C34H29N5O4S/c1-41-29-18-24(19-30(42-2)32(29)43-3)33-37-38-34(39(33)25-13-5-4-6-14-25)44-21-31(40)36-35-20-28-26-15-9-7-11-22(26)17-23-12-8-10-16-27(23)28/h4-20H,21H2,1-3H3,(H,36,40)/b35-20+. The minimum atomic E-state index is -0.271. The SMILES string of the molecule is COc1cc(-c2nnc(SCC(=O)N/N=C/c3c4ccccc4cc4ccccc34)n2-c2ccccc2)cc(OC)c1OC. The van der Waals surface area contributed by atoms with Gasteiger partial charge < -0.3 is 14.2 Å². The lowest BCUT2D eigenvalue weighted by Crippen LogP contribution is -2.20. The smallest absolute Gasteiger partial charge is 0.250 e. The number of carbonyl (C=O) groups is 1. The average Bonchev–Trinajstić information content (AvgIpc) is 3.50. The van der Waals surface area contributed by atoms with Crippen LogP contribution in [-0.4, -0.2) is 54.0 Å². The lowest BCUT2D eigenvalue weighted by molar-refractivity contribution is -0.118. The minimum absolute atomic E-state index is 0.0772. The van der Waals surface area contributed by atoms with Crippen LogP contribution in [0.25, 0.3) is 38.6 Å². The van der Waals surface area contributed by atoms with Crippen molar-refractivity contribution in [3.05, 3.63) is 103 Å². The highest BCUT2D eigenvalue weighted by molar-refractivity contribution is 7.99. The highest BCUT2D eigenvalue weighted by atomic mass is 32.2. The molecule has 1 heterocycles. The number of ether oxygens (including phenoxy) is 3. The van der Waals surface area contributed by atoms with Crippen LogP contribution in [0.5, 0.6) is 17.2 Å². The summed E-state index contributed by atoms with van der Waals surface area (Å²) in [6, 6.07) is 31.8. The van der Waals surface area contributed by atoms with Crippen molar-refractivity contribution in [2.45, 2.75) is 5.16 Å². The number of hydrazone groups is 1. The van der Waals surface area contributed by atoms with E-state index in [0.717, 1.165) is 32.8 Å². The Morgan fingerprint density at radius 1 is 0.818 bits per heavy atom. The number of hydrogen-bond acceptors (Lipinski definition) is 8. The van der Waals surface area contributed by atoms with Crippen LogP contribution >= 0.6 is 11.8 Å². The first kappa shape index (κ1) is 28.8. The zero-order valence-corrected chi connectivity index (χ0v) is 25.2. The summed E-state index contributed by atoms with van der Waals surface area (Å²) in [5.41, 5.74) is 5.17. The van der Waals surface area contributed by atoms with Crippen LogP contribution in [0.15, 0.2) is 107 Å². The number of aromatic nitrogens is 3. The monoisotopic (exact) mass is 603 g/mol. The molecule has 0 aliphatic carbocycles. The van der Waals surface area contributed by atoms with Gasteiger partial charge in [0.05, 0.1) is 33.3 Å². The van der Waals surface area contributed by atoms with E-state index in [-0.39, 0.29) is 11.7 Å². The van der Waals surface area contributed by atoms with Gasteiger partial charge in [-0.1, -0.05) is 78.5 Å². The molecule has 9 nitrogen and oxygen atoms in total. The van der Waals surface area contributed by atoms with Crippen molar-refractivity contribution in [2.75, 3.05) is 27.1 Å². The highest BCUT2D eigenvalue weighted by Gasteiger charge is 2.21. The van der Waals surface area contributed by atoms with E-state index in [2.05, 4.69) is 51.1 Å². The van der Waals surface area contributed by atoms with E-state index >= 15 is 0 Å². The Balaban J connectivity index is 1.26. The van der Waals surface area contributed by atoms with Crippen molar-refractivity contribution in [3.8, 4) is 34.3 Å². The number of hydrogen-bond donors (Lipinski definition) is 1. The molecule has 220 valence electrons. The molecule has 0 fully saturated rings. The summed E-state index contributed by atoms with van der Waals surface area (Å²) in [7, 11) is 4.68. The third kappa shape index (κ3) is 5.67. The van der Waals surface area contributed by atoms with Crippen LogP contribution in [0.4, 0.5) is 0 Å². The molecule has 0 spiro atoms. The Kier molecular flexibility index (Phi) is 8.42. The van der Waals surface area contributed by atoms with Gasteiger partial charge in [-0.2, -0.15) is 5.10 Å². The van der Waals surface area contributed by atoms with Gasteiger partial charge in [-0.3, -0.25) is 9.36 Å². The van der Waals surface area contributed by atoms with Crippen LogP contribution in [0.3, 0.4) is 0 Å². The van der Waals surface area contributed by atoms with Gasteiger partial charge in [-0.25, -0.2) is 5.43 Å². The van der Waals surface area contributed by atoms with Gasteiger partial charge in [-0.15, -0.1) is 10.2 Å². The predicted octanol–water partition coefficient (Wildman–Crippen LogP) is 6.51. The first-order chi connectivity index (χ1) is 21.6. The topological polar surface area (TPSA) is 99.9 Å². The Labute approximate surface area is 258 Å². The first-order valence-corrected chi connectivity index (χ1v) is 14.8. The summed E-state index contributed by atoms with van der Waals surface area (Å²) in [6.45, 7) is 0. The minimum Gasteiger partial charge on any atom is -0.493 e. The van der Waals surface area contributed by atoms with E-state index in [9.17, 15) is 4.79 Å². The maximum absolute atomic E-state index is 12.9. The molecule has 0 unspecified atom stereocenters. The van der Waals surface area contributed by atoms with Crippen molar-refractivity contribution in [1.82, 2.24) is 20.2 Å². The van der Waals surface area contributed by atoms with Gasteiger partial charge in [0.1, 0.15) is 0 Å². The molecule has 44 heavy (non-hydrogen) atoms. The molecule has 10 heteroatoms. The Morgan fingerprint density at radius 3 is 2.05 bits per heavy atom. The molecule has 1 amide bonds. The van der Waals surface area contributed by atoms with Crippen LogP contribution in [-0.2, 0) is 4.79 Å². The fourth-order valence-corrected chi connectivity index (χ4v) is 5.83. The molecule has 6 aromatic rings. The highest BCUT2D eigenvalue weighted by Crippen LogP contribution is 2.41. The van der Waals surface area contributed by atoms with Crippen molar-refractivity contribution < 1.29 is 19.0 Å². The third-order valence-electron chi connectivity index (χ3n) is 7.10. The van der Waals surface area contributed by atoms with Crippen molar-refractivity contribution >= 4 is 45.4 Å². The van der Waals surface area contributed by atoms with Crippen LogP contribution in [0.1, 0.15) is 5.56 Å². The van der Waals surface area contributed by atoms with Gasteiger partial charge in [0.25, 0.3) is 5.91 Å². The second kappa shape index (κ2) is 12.9. The Morgan fingerprint density at radius 2 is 1.43 bits per heavy atom. The molecular formula is C34H29N5O4S. The molecule has 6 rings (SSSR count). The molecule has 0 saturated heterocycles. The molecule has 0 saturated carbocycles. The molecule has 0 aliphatic heterocycles. The first-order valence-electron chi connectivity index (χ1n) is 13.8. The van der Waals surface area contributed by atoms with Gasteiger partial charge in [0.15, 0.2) is 22.5 Å². The van der Waals surface area contributed by atoms with E-state index in [1.165, 1.54) is 11.8 Å². The summed E-state index contributed by atoms with van der Waals surface area (Å²) >= 11 is 1.26. The average molecular weight is 604 g/mol. The number of carbonyl (C=O) groups excluding carboxylic acids is 1. The fraction of sp³-hybridized carbons (Fsp3) is 0.118. The molecule has 5 aromatic carbocycles. The van der Waals surface area contributed by atoms with Gasteiger partial charge in [0.2, 0.25) is 5.75 Å². The summed E-state index contributed by atoms with van der Waals surface area (Å²) in [6.07, 6.45) is 1.71. The van der Waals surface area contributed by atoms with E-state index in [4.69, 9.17) is 14.2 Å². The molecule has 0 atom stereocenters. The van der Waals surface area contributed by atoms with Crippen molar-refractivity contribution in [1.29, 1.82) is 0 Å². The zero-order chi connectivity index (χ0) is 30.5. The number of nitrogens with one attached hydrogen (secondary N) is 1. The van der Waals surface area contributed by atoms with E-state index in [1.54, 1.807) is 27.5 Å². The summed E-state index contributed by atoms with van der Waals surface area (Å²) in [5.74, 6) is 1.83. The number of para-hydroxylation sites is 1. The summed E-state index contributed by atoms with van der Waals surface area (Å²) in [5, 5.41) is 18.1. The van der Waals surface area contributed by atoms with Gasteiger partial charge in [-0.05, 0) is 51.9 Å². The Bertz CT molecular complexity index is 1910. The second-order valence-corrected chi connectivity index (χ2v) is 10.6. The lowest BCUT2D eigenvalue weighted by Gasteiger charge is -2.15. The number of rotatable bonds is 10. The molecule has 0 bridgehead atoms. The fourth-order valence-electron chi connectivity index (χ4n) is 5.09. The molecule has 1 N–H and O–H groups in total. The number of fused-ring (bicyclic) bond motifs is 2. The number of nitrogens with zero attached hydrogens (tertiary/aromatic N) is 4. The zero-order valence-electron chi connectivity index (χ0n) is 24.4. The number of benzene rings is 5. The largest absolute Gasteiger partial charge is 0.493 e. The van der Waals surface area contributed by atoms with Crippen LogP contribution < -0.4 is 19.6 Å². The quantitative estimate of drug-likeness (QED) is 0.0825. The van der Waals surface area contributed by atoms with Gasteiger partial charge >= 0.3 is 0 Å². The van der Waals surface area contributed by atoms with E-state index < -0.39 is 0 Å². The van der Waals surface area contributed by atoms with Crippen molar-refractivity contribution in [2.24, 2.45) is 5.10 Å². The summed E-state index contributed by atoms with van der Waals surface area (Å²) < 4.78 is 18.5. The third-order valence-corrected chi connectivity index (χ3v) is 8.03. The molecular weight excluding hydrogens is 574 g/mol. The van der Waals surface area contributed by atoms with Crippen molar-refractivity contribution in [3.63, 3.8) is 0 Å². The molecule has 1 aromatic heterocycles. The number of methoxy groups -OCH3 is 3. The summed E-state index contributed by atoms with van der Waals surface area (Å²) in [4.78, 5) is 12.9. The maximum atomic E-state index is 12.9. The molecule has 0 aliphatic rings. The number of thioether (sulfide) groups is 1. The van der Waals surface area contributed by atoms with E-state index in [1.807, 2.05) is 71.3 Å². The predicted molar refractivity (Wildman–Crippen MR) is 174 cm³/mol. The second-order valence-electron chi connectivity index (χ2n) is 9.71. The van der Waals surface area contributed by atoms with Crippen LogP contribution in [0.2, 0.25) is 0 Å². The number of amides is 1. The lowest BCUT2D eigenvalue weighted by atomic mass is 9.97. The van der Waals surface area contributed by atoms with Crippen LogP contribution in [0, 0.1) is 0 Å².